The van der Waals surface area contributed by atoms with E-state index < -0.39 is 4.92 Å². The summed E-state index contributed by atoms with van der Waals surface area (Å²) >= 11 is 1.48. The van der Waals surface area contributed by atoms with Crippen LogP contribution < -0.4 is 5.32 Å². The van der Waals surface area contributed by atoms with Crippen LogP contribution in [0, 0.1) is 30.9 Å². The minimum absolute atomic E-state index is 0.0122. The van der Waals surface area contributed by atoms with Gasteiger partial charge in [-0.3, -0.25) is 14.9 Å². The maximum absolute atomic E-state index is 12.5. The predicted octanol–water partition coefficient (Wildman–Crippen LogP) is 4.82. The van der Waals surface area contributed by atoms with Crippen LogP contribution >= 0.6 is 11.3 Å². The van der Waals surface area contributed by atoms with Crippen LogP contribution in [-0.4, -0.2) is 15.8 Å². The zero-order valence-corrected chi connectivity index (χ0v) is 16.1. The highest BCUT2D eigenvalue weighted by molar-refractivity contribution is 7.12. The summed E-state index contributed by atoms with van der Waals surface area (Å²) in [6.07, 6.45) is 0.163. The number of nitro benzene ring substituents is 1. The molecular formula is C20H19N3O3S. The monoisotopic (exact) mass is 381 g/mol. The first-order valence-electron chi connectivity index (χ1n) is 8.41. The third-order valence-electron chi connectivity index (χ3n) is 4.14. The largest absolute Gasteiger partial charge is 0.326 e. The Balaban J connectivity index is 1.80. The summed E-state index contributed by atoms with van der Waals surface area (Å²) in [5, 5.41) is 14.7. The van der Waals surface area contributed by atoms with Gasteiger partial charge in [0.05, 0.1) is 22.0 Å². The van der Waals surface area contributed by atoms with Crippen LogP contribution in [0.1, 0.15) is 21.0 Å². The number of anilines is 1. The molecule has 0 aliphatic heterocycles. The third-order valence-corrected chi connectivity index (χ3v) is 5.11. The summed E-state index contributed by atoms with van der Waals surface area (Å²) in [6, 6.07) is 12.7. The third kappa shape index (κ3) is 4.38. The molecule has 3 rings (SSSR count). The van der Waals surface area contributed by atoms with Crippen LogP contribution in [0.4, 0.5) is 11.4 Å². The lowest BCUT2D eigenvalue weighted by Gasteiger charge is -2.07. The molecule has 1 heterocycles. The van der Waals surface area contributed by atoms with Crippen molar-refractivity contribution in [2.24, 2.45) is 0 Å². The van der Waals surface area contributed by atoms with Gasteiger partial charge in [0, 0.05) is 27.8 Å². The summed E-state index contributed by atoms with van der Waals surface area (Å²) in [7, 11) is 0. The van der Waals surface area contributed by atoms with E-state index in [4.69, 9.17) is 0 Å². The van der Waals surface area contributed by atoms with E-state index in [9.17, 15) is 14.9 Å². The second kappa shape index (κ2) is 7.67. The van der Waals surface area contributed by atoms with Crippen LogP contribution in [0.15, 0.2) is 42.5 Å². The van der Waals surface area contributed by atoms with Crippen molar-refractivity contribution in [2.45, 2.75) is 27.2 Å². The molecule has 0 saturated carbocycles. The van der Waals surface area contributed by atoms with E-state index in [1.54, 1.807) is 19.1 Å². The number of carbonyl (C=O) groups is 1. The van der Waals surface area contributed by atoms with Crippen LogP contribution in [-0.2, 0) is 11.2 Å². The van der Waals surface area contributed by atoms with Crippen molar-refractivity contribution in [2.75, 3.05) is 5.32 Å². The average Bonchev–Trinajstić information content (AvgIpc) is 2.97. The van der Waals surface area contributed by atoms with Crippen LogP contribution in [0.25, 0.3) is 11.3 Å². The molecule has 0 spiro atoms. The van der Waals surface area contributed by atoms with Crippen molar-refractivity contribution in [3.05, 3.63) is 73.6 Å². The summed E-state index contributed by atoms with van der Waals surface area (Å²) in [4.78, 5) is 28.5. The number of thiazole rings is 1. The molecule has 6 nitrogen and oxygen atoms in total. The molecule has 7 heteroatoms. The first-order chi connectivity index (χ1) is 12.8. The molecule has 138 valence electrons. The fraction of sp³-hybridized carbons (Fsp3) is 0.200. The molecule has 0 aliphatic rings. The lowest BCUT2D eigenvalue weighted by Crippen LogP contribution is -2.14. The number of amides is 1. The van der Waals surface area contributed by atoms with E-state index >= 15 is 0 Å². The molecule has 0 aliphatic carbocycles. The van der Waals surface area contributed by atoms with E-state index in [2.05, 4.69) is 10.3 Å². The highest BCUT2D eigenvalue weighted by Gasteiger charge is 2.16. The number of nitrogens with zero attached hydrogens (tertiary/aromatic N) is 2. The van der Waals surface area contributed by atoms with Gasteiger partial charge in [0.25, 0.3) is 5.69 Å². The molecule has 0 fully saturated rings. The maximum atomic E-state index is 12.5. The first kappa shape index (κ1) is 18.7. The zero-order valence-electron chi connectivity index (χ0n) is 15.3. The van der Waals surface area contributed by atoms with Crippen LogP contribution in [0.5, 0.6) is 0 Å². The number of aromatic nitrogens is 1. The Labute approximate surface area is 161 Å². The Morgan fingerprint density at radius 1 is 1.15 bits per heavy atom. The van der Waals surface area contributed by atoms with E-state index in [0.29, 0.717) is 11.3 Å². The number of rotatable bonds is 5. The summed E-state index contributed by atoms with van der Waals surface area (Å²) in [5.41, 5.74) is 3.89. The maximum Gasteiger partial charge on any atom is 0.274 e. The second-order valence-corrected chi connectivity index (χ2v) is 7.64. The van der Waals surface area contributed by atoms with Crippen molar-refractivity contribution in [3.8, 4) is 11.3 Å². The van der Waals surface area contributed by atoms with E-state index in [1.807, 2.05) is 38.1 Å². The number of hydrogen-bond donors (Lipinski definition) is 1. The minimum atomic E-state index is -0.451. The van der Waals surface area contributed by atoms with Gasteiger partial charge in [-0.05, 0) is 26.8 Å². The van der Waals surface area contributed by atoms with Crippen molar-refractivity contribution in [1.29, 1.82) is 0 Å². The molecule has 0 radical (unpaired) electrons. The molecule has 0 saturated heterocycles. The molecular weight excluding hydrogens is 362 g/mol. The first-order valence-corrected chi connectivity index (χ1v) is 9.23. The van der Waals surface area contributed by atoms with Crippen LogP contribution in [0.3, 0.4) is 0 Å². The Kier molecular flexibility index (Phi) is 5.32. The summed E-state index contributed by atoms with van der Waals surface area (Å²) in [5.74, 6) is -0.231. The Morgan fingerprint density at radius 2 is 1.85 bits per heavy atom. The van der Waals surface area contributed by atoms with Gasteiger partial charge >= 0.3 is 0 Å². The molecule has 3 aromatic rings. The fourth-order valence-corrected chi connectivity index (χ4v) is 3.72. The van der Waals surface area contributed by atoms with Gasteiger partial charge in [0.2, 0.25) is 5.91 Å². The molecule has 2 aromatic carbocycles. The van der Waals surface area contributed by atoms with E-state index in [-0.39, 0.29) is 18.0 Å². The van der Waals surface area contributed by atoms with Gasteiger partial charge in [-0.1, -0.05) is 35.9 Å². The normalized spacial score (nSPS) is 10.6. The SMILES string of the molecule is Cc1ccc(-c2nc(C)sc2CC(=O)Nc2ccc(C)c([N+](=O)[O-])c2)cc1. The Morgan fingerprint density at radius 3 is 2.52 bits per heavy atom. The average molecular weight is 381 g/mol. The number of nitro groups is 1. The second-order valence-electron chi connectivity index (χ2n) is 6.35. The lowest BCUT2D eigenvalue weighted by molar-refractivity contribution is -0.385. The number of carbonyl (C=O) groups excluding carboxylic acids is 1. The van der Waals surface area contributed by atoms with Gasteiger partial charge in [-0.2, -0.15) is 0 Å². The predicted molar refractivity (Wildman–Crippen MR) is 107 cm³/mol. The minimum Gasteiger partial charge on any atom is -0.326 e. The molecule has 1 amide bonds. The van der Waals surface area contributed by atoms with Crippen molar-refractivity contribution >= 4 is 28.6 Å². The summed E-state index contributed by atoms with van der Waals surface area (Å²) in [6.45, 7) is 5.59. The van der Waals surface area contributed by atoms with E-state index in [0.717, 1.165) is 26.7 Å². The van der Waals surface area contributed by atoms with E-state index in [1.165, 1.54) is 17.4 Å². The number of nitrogens with one attached hydrogen (secondary N) is 1. The zero-order chi connectivity index (χ0) is 19.6. The highest BCUT2D eigenvalue weighted by Crippen LogP contribution is 2.29. The number of aryl methyl sites for hydroxylation is 3. The number of benzene rings is 2. The van der Waals surface area contributed by atoms with Crippen molar-refractivity contribution in [3.63, 3.8) is 0 Å². The molecule has 1 N–H and O–H groups in total. The fourth-order valence-electron chi connectivity index (χ4n) is 2.76. The molecule has 1 aromatic heterocycles. The van der Waals surface area contributed by atoms with Crippen LogP contribution in [0.2, 0.25) is 0 Å². The quantitative estimate of drug-likeness (QED) is 0.507. The van der Waals surface area contributed by atoms with Gasteiger partial charge in [0.15, 0.2) is 0 Å². The highest BCUT2D eigenvalue weighted by atomic mass is 32.1. The van der Waals surface area contributed by atoms with Crippen molar-refractivity contribution < 1.29 is 9.72 Å². The smallest absolute Gasteiger partial charge is 0.274 e. The summed E-state index contributed by atoms with van der Waals surface area (Å²) < 4.78 is 0. The Bertz CT molecular complexity index is 1010. The molecule has 0 bridgehead atoms. The molecule has 0 atom stereocenters. The van der Waals surface area contributed by atoms with Gasteiger partial charge < -0.3 is 5.32 Å². The lowest BCUT2D eigenvalue weighted by atomic mass is 10.1. The van der Waals surface area contributed by atoms with Gasteiger partial charge in [-0.15, -0.1) is 11.3 Å². The standard InChI is InChI=1S/C20H19N3O3S/c1-12-4-7-15(8-5-12)20-18(27-14(3)21-20)11-19(24)22-16-9-6-13(2)17(10-16)23(25)26/h4-10H,11H2,1-3H3,(H,22,24). The number of hydrogen-bond acceptors (Lipinski definition) is 5. The van der Waals surface area contributed by atoms with Gasteiger partial charge in [0.1, 0.15) is 0 Å². The van der Waals surface area contributed by atoms with Gasteiger partial charge in [-0.25, -0.2) is 4.98 Å². The molecule has 0 unspecified atom stereocenters. The topological polar surface area (TPSA) is 85.1 Å². The Hall–Kier alpha value is -3.06. The van der Waals surface area contributed by atoms with Crippen molar-refractivity contribution in [1.82, 2.24) is 4.98 Å². The molecule has 27 heavy (non-hydrogen) atoms.